The first-order valence-electron chi connectivity index (χ1n) is 9.34. The number of carbonyl (C=O) groups excluding carboxylic acids is 3. The van der Waals surface area contributed by atoms with Gasteiger partial charge in [-0.15, -0.1) is 11.3 Å². The Morgan fingerprint density at radius 2 is 1.90 bits per heavy atom. The second-order valence-electron chi connectivity index (χ2n) is 7.69. The van der Waals surface area contributed by atoms with Crippen molar-refractivity contribution < 1.29 is 19.1 Å². The lowest BCUT2D eigenvalue weighted by Gasteiger charge is -2.23. The maximum absolute atomic E-state index is 12.9. The molecular formula is C20H24N4O4S. The summed E-state index contributed by atoms with van der Waals surface area (Å²) in [4.78, 5) is 42.9. The number of nitrogens with zero attached hydrogens (tertiary/aromatic N) is 2. The van der Waals surface area contributed by atoms with E-state index in [-0.39, 0.29) is 11.8 Å². The van der Waals surface area contributed by atoms with Gasteiger partial charge in [0.1, 0.15) is 11.6 Å². The van der Waals surface area contributed by atoms with Gasteiger partial charge in [-0.05, 0) is 57.9 Å². The number of hydrogen-bond acceptors (Lipinski definition) is 6. The van der Waals surface area contributed by atoms with E-state index >= 15 is 0 Å². The molecule has 3 amide bonds. The smallest absolute Gasteiger partial charge is 0.412 e. The largest absolute Gasteiger partial charge is 0.444 e. The second kappa shape index (κ2) is 8.60. The van der Waals surface area contributed by atoms with E-state index in [1.165, 1.54) is 11.3 Å². The van der Waals surface area contributed by atoms with Gasteiger partial charge in [-0.25, -0.2) is 9.78 Å². The molecule has 1 aliphatic heterocycles. The molecule has 2 N–H and O–H groups in total. The van der Waals surface area contributed by atoms with Crippen molar-refractivity contribution in [3.63, 3.8) is 0 Å². The lowest BCUT2D eigenvalue weighted by Crippen LogP contribution is -2.43. The molecule has 0 aliphatic carbocycles. The fraction of sp³-hybridized carbons (Fsp3) is 0.400. The van der Waals surface area contributed by atoms with Crippen LogP contribution < -0.4 is 10.6 Å². The van der Waals surface area contributed by atoms with Crippen LogP contribution in [0.1, 0.15) is 44.0 Å². The first-order valence-corrected chi connectivity index (χ1v) is 10.2. The molecule has 29 heavy (non-hydrogen) atoms. The summed E-state index contributed by atoms with van der Waals surface area (Å²) in [5, 5.41) is 7.69. The van der Waals surface area contributed by atoms with Crippen molar-refractivity contribution in [3.8, 4) is 0 Å². The summed E-state index contributed by atoms with van der Waals surface area (Å²) in [6, 6.07) is 6.01. The fourth-order valence-corrected chi connectivity index (χ4v) is 3.57. The van der Waals surface area contributed by atoms with Gasteiger partial charge in [-0.3, -0.25) is 14.9 Å². The molecule has 2 heterocycles. The lowest BCUT2D eigenvalue weighted by molar-refractivity contribution is -0.119. The third-order valence-corrected chi connectivity index (χ3v) is 4.94. The van der Waals surface area contributed by atoms with Crippen LogP contribution >= 0.6 is 11.3 Å². The second-order valence-corrected chi connectivity index (χ2v) is 8.58. The predicted molar refractivity (Wildman–Crippen MR) is 111 cm³/mol. The van der Waals surface area contributed by atoms with Gasteiger partial charge in [0.2, 0.25) is 5.91 Å². The van der Waals surface area contributed by atoms with Crippen LogP contribution in [-0.4, -0.2) is 46.0 Å². The Labute approximate surface area is 173 Å². The third-order valence-electron chi connectivity index (χ3n) is 4.26. The van der Waals surface area contributed by atoms with Crippen LogP contribution in [0.15, 0.2) is 35.8 Å². The number of amides is 3. The number of rotatable bonds is 4. The Kier molecular flexibility index (Phi) is 6.17. The molecule has 0 bridgehead atoms. The van der Waals surface area contributed by atoms with Crippen molar-refractivity contribution in [2.75, 3.05) is 17.2 Å². The van der Waals surface area contributed by atoms with Gasteiger partial charge in [-0.2, -0.15) is 0 Å². The Morgan fingerprint density at radius 3 is 2.52 bits per heavy atom. The van der Waals surface area contributed by atoms with Crippen LogP contribution in [0.3, 0.4) is 0 Å². The Bertz CT molecular complexity index is 875. The van der Waals surface area contributed by atoms with E-state index in [1.54, 1.807) is 61.5 Å². The van der Waals surface area contributed by atoms with Crippen LogP contribution in [-0.2, 0) is 9.53 Å². The zero-order chi connectivity index (χ0) is 21.0. The quantitative estimate of drug-likeness (QED) is 0.791. The summed E-state index contributed by atoms with van der Waals surface area (Å²) in [6.07, 6.45) is 2.43. The van der Waals surface area contributed by atoms with E-state index in [4.69, 9.17) is 4.74 Å². The molecule has 1 fully saturated rings. The number of hydrogen-bond donors (Lipinski definition) is 2. The molecule has 1 aromatic carbocycles. The van der Waals surface area contributed by atoms with Gasteiger partial charge < -0.3 is 15.0 Å². The number of benzene rings is 1. The molecule has 3 rings (SSSR count). The van der Waals surface area contributed by atoms with Crippen molar-refractivity contribution in [2.24, 2.45) is 0 Å². The van der Waals surface area contributed by atoms with Crippen molar-refractivity contribution in [1.29, 1.82) is 0 Å². The van der Waals surface area contributed by atoms with Crippen LogP contribution in [0.2, 0.25) is 0 Å². The minimum atomic E-state index is -0.593. The number of nitrogens with one attached hydrogen (secondary N) is 2. The van der Waals surface area contributed by atoms with Crippen molar-refractivity contribution in [1.82, 2.24) is 9.88 Å². The zero-order valence-corrected chi connectivity index (χ0v) is 17.4. The topological polar surface area (TPSA) is 101 Å². The summed E-state index contributed by atoms with van der Waals surface area (Å²) in [6.45, 7) is 5.87. The number of carbonyl (C=O) groups is 3. The third kappa shape index (κ3) is 5.54. The normalized spacial score (nSPS) is 16.4. The molecule has 1 atom stereocenters. The SMILES string of the molecule is CC(C)(C)OC(=O)Nc1ccc(C(=O)N2CCCC2C(=O)Nc2nccs2)cc1. The van der Waals surface area contributed by atoms with Crippen LogP contribution in [0.25, 0.3) is 0 Å². The highest BCUT2D eigenvalue weighted by atomic mass is 32.1. The van der Waals surface area contributed by atoms with E-state index in [0.717, 1.165) is 6.42 Å². The van der Waals surface area contributed by atoms with E-state index in [0.29, 0.717) is 29.3 Å². The fourth-order valence-electron chi connectivity index (χ4n) is 3.04. The Morgan fingerprint density at radius 1 is 1.17 bits per heavy atom. The Balaban J connectivity index is 1.63. The number of ether oxygens (including phenoxy) is 1. The molecule has 0 saturated carbocycles. The average Bonchev–Trinajstić information content (AvgIpc) is 3.31. The number of thiazole rings is 1. The predicted octanol–water partition coefficient (Wildman–Crippen LogP) is 3.73. The zero-order valence-electron chi connectivity index (χ0n) is 16.6. The molecule has 0 radical (unpaired) electrons. The van der Waals surface area contributed by atoms with E-state index in [1.807, 2.05) is 0 Å². The molecule has 2 aromatic rings. The summed E-state index contributed by atoms with van der Waals surface area (Å²) in [5.74, 6) is -0.445. The van der Waals surface area contributed by atoms with Gasteiger partial charge >= 0.3 is 6.09 Å². The van der Waals surface area contributed by atoms with Crippen molar-refractivity contribution in [2.45, 2.75) is 45.3 Å². The summed E-state index contributed by atoms with van der Waals surface area (Å²) in [7, 11) is 0. The van der Waals surface area contributed by atoms with Gasteiger partial charge in [0.05, 0.1) is 0 Å². The first-order chi connectivity index (χ1) is 13.7. The molecule has 8 nitrogen and oxygen atoms in total. The molecule has 154 valence electrons. The standard InChI is InChI=1S/C20H24N4O4S/c1-20(2,3)28-19(27)22-14-8-6-13(7-9-14)17(26)24-11-4-5-15(24)16(25)23-18-21-10-12-29-18/h6-10,12,15H,4-5,11H2,1-3H3,(H,22,27)(H,21,23,25). The average molecular weight is 417 g/mol. The van der Waals surface area contributed by atoms with Crippen LogP contribution in [0.5, 0.6) is 0 Å². The van der Waals surface area contributed by atoms with Crippen molar-refractivity contribution >= 4 is 40.1 Å². The highest BCUT2D eigenvalue weighted by Gasteiger charge is 2.34. The molecule has 9 heteroatoms. The Hall–Kier alpha value is -2.94. The van der Waals surface area contributed by atoms with Crippen molar-refractivity contribution in [3.05, 3.63) is 41.4 Å². The summed E-state index contributed by atoms with van der Waals surface area (Å²) < 4.78 is 5.21. The summed E-state index contributed by atoms with van der Waals surface area (Å²) in [5.41, 5.74) is 0.383. The highest BCUT2D eigenvalue weighted by molar-refractivity contribution is 7.13. The van der Waals surface area contributed by atoms with E-state index < -0.39 is 17.7 Å². The molecule has 1 aromatic heterocycles. The minimum absolute atomic E-state index is 0.217. The van der Waals surface area contributed by atoms with Gasteiger partial charge in [0.25, 0.3) is 5.91 Å². The monoisotopic (exact) mass is 416 g/mol. The minimum Gasteiger partial charge on any atom is -0.444 e. The van der Waals surface area contributed by atoms with E-state index in [9.17, 15) is 14.4 Å². The molecule has 0 spiro atoms. The van der Waals surface area contributed by atoms with Gasteiger partial charge in [0.15, 0.2) is 5.13 Å². The number of aromatic nitrogens is 1. The van der Waals surface area contributed by atoms with E-state index in [2.05, 4.69) is 15.6 Å². The lowest BCUT2D eigenvalue weighted by atomic mass is 10.1. The summed E-state index contributed by atoms with van der Waals surface area (Å²) >= 11 is 1.33. The first kappa shape index (κ1) is 20.8. The molecule has 1 saturated heterocycles. The number of anilines is 2. The van der Waals surface area contributed by atoms with Gasteiger partial charge in [-0.1, -0.05) is 0 Å². The maximum atomic E-state index is 12.9. The number of likely N-dealkylation sites (tertiary alicyclic amines) is 1. The highest BCUT2D eigenvalue weighted by Crippen LogP contribution is 2.23. The maximum Gasteiger partial charge on any atom is 0.412 e. The molecule has 1 unspecified atom stereocenters. The van der Waals surface area contributed by atoms with Crippen LogP contribution in [0, 0.1) is 0 Å². The van der Waals surface area contributed by atoms with Crippen LogP contribution in [0.4, 0.5) is 15.6 Å². The molecule has 1 aliphatic rings. The van der Waals surface area contributed by atoms with Gasteiger partial charge in [0, 0.05) is 29.4 Å². The molecular weight excluding hydrogens is 392 g/mol.